The molecule has 0 fully saturated rings. The second-order valence-electron chi connectivity index (χ2n) is 7.11. The molecule has 0 atom stereocenters. The predicted molar refractivity (Wildman–Crippen MR) is 120 cm³/mol. The quantitative estimate of drug-likeness (QED) is 0.175. The van der Waals surface area contributed by atoms with Gasteiger partial charge in [-0.3, -0.25) is 0 Å². The molecule has 0 saturated carbocycles. The van der Waals surface area contributed by atoms with Crippen molar-refractivity contribution in [3.63, 3.8) is 0 Å². The summed E-state index contributed by atoms with van der Waals surface area (Å²) in [7, 11) is -2.65. The first-order valence-corrected chi connectivity index (χ1v) is 12.0. The maximum absolute atomic E-state index is 10.7. The summed E-state index contributed by atoms with van der Waals surface area (Å²) in [5.74, 6) is 0.619. The second kappa shape index (κ2) is 9.14. The molecule has 0 N–H and O–H groups in total. The molecule has 180 valence electrons. The first kappa shape index (κ1) is 26.3. The fourth-order valence-corrected chi connectivity index (χ4v) is 3.21. The molecule has 6 nitrogen and oxygen atoms in total. The van der Waals surface area contributed by atoms with Crippen LogP contribution in [0, 0.1) is 0 Å². The van der Waals surface area contributed by atoms with Crippen molar-refractivity contribution >= 4 is 30.9 Å². The molecule has 33 heavy (non-hydrogen) atoms. The Bertz CT molecular complexity index is 1150. The number of pyridine rings is 1. The molecule has 0 aliphatic heterocycles. The van der Waals surface area contributed by atoms with E-state index in [2.05, 4.69) is 27.4 Å². The predicted octanol–water partition coefficient (Wildman–Crippen LogP) is 6.29. The van der Waals surface area contributed by atoms with E-state index in [0.29, 0.717) is 5.82 Å². The Kier molecular flexibility index (Phi) is 7.30. The van der Waals surface area contributed by atoms with Gasteiger partial charge in [0, 0.05) is 38.9 Å². The molecule has 3 aromatic rings. The number of aromatic nitrogens is 4. The van der Waals surface area contributed by atoms with E-state index >= 15 is 0 Å². The average Bonchev–Trinajstić information content (AvgIpc) is 3.15. The first-order chi connectivity index (χ1) is 15.0. The summed E-state index contributed by atoms with van der Waals surface area (Å²) < 4.78 is 61.2. The SMILES string of the molecule is CN(C)/C=C(\C=[N+](C)C)c1ncc(-c2cccc(-c3ncccn3)n2)s1.F[P-](F)(F)(F)(F)F. The summed E-state index contributed by atoms with van der Waals surface area (Å²) in [5, 5.41) is 0.950. The fraction of sp³-hybridized carbons (Fsp3) is 0.211. The van der Waals surface area contributed by atoms with Gasteiger partial charge in [-0.2, -0.15) is 0 Å². The molecule has 0 amide bonds. The monoisotopic (exact) mass is 510 g/mol. The van der Waals surface area contributed by atoms with Crippen LogP contribution in [0.3, 0.4) is 0 Å². The van der Waals surface area contributed by atoms with Gasteiger partial charge in [0.2, 0.25) is 0 Å². The van der Waals surface area contributed by atoms with Gasteiger partial charge < -0.3 is 4.90 Å². The molecule has 3 heterocycles. The molecular weight excluding hydrogens is 489 g/mol. The van der Waals surface area contributed by atoms with E-state index in [-0.39, 0.29) is 0 Å². The molecule has 0 radical (unpaired) electrons. The molecule has 0 unspecified atom stereocenters. The van der Waals surface area contributed by atoms with Crippen molar-refractivity contribution in [1.29, 1.82) is 0 Å². The molecular formula is C19H21F6N6PS. The molecule has 0 saturated heterocycles. The van der Waals surface area contributed by atoms with Crippen molar-refractivity contribution in [2.45, 2.75) is 0 Å². The number of hydrogen-bond donors (Lipinski definition) is 0. The summed E-state index contributed by atoms with van der Waals surface area (Å²) in [5.41, 5.74) is 2.67. The topological polar surface area (TPSA) is 57.8 Å². The van der Waals surface area contributed by atoms with Crippen LogP contribution in [-0.4, -0.2) is 63.8 Å². The Morgan fingerprint density at radius 1 is 0.939 bits per heavy atom. The van der Waals surface area contributed by atoms with Crippen LogP contribution in [-0.2, 0) is 0 Å². The molecule has 0 bridgehead atoms. The normalized spacial score (nSPS) is 13.8. The van der Waals surface area contributed by atoms with Crippen LogP contribution in [0.1, 0.15) is 5.01 Å². The number of allylic oxidation sites excluding steroid dienone is 1. The zero-order valence-electron chi connectivity index (χ0n) is 18.0. The van der Waals surface area contributed by atoms with E-state index in [9.17, 15) is 25.2 Å². The number of hydrogen-bond acceptors (Lipinski definition) is 6. The Hall–Kier alpha value is -2.92. The van der Waals surface area contributed by atoms with Crippen molar-refractivity contribution in [2.24, 2.45) is 0 Å². The minimum atomic E-state index is -10.7. The van der Waals surface area contributed by atoms with E-state index in [1.54, 1.807) is 29.8 Å². The average molecular weight is 510 g/mol. The van der Waals surface area contributed by atoms with Crippen molar-refractivity contribution in [1.82, 2.24) is 24.8 Å². The van der Waals surface area contributed by atoms with E-state index in [1.165, 1.54) is 0 Å². The second-order valence-corrected chi connectivity index (χ2v) is 10.1. The van der Waals surface area contributed by atoms with Crippen LogP contribution in [0.4, 0.5) is 25.2 Å². The summed E-state index contributed by atoms with van der Waals surface area (Å²) >= 11 is 1.61. The summed E-state index contributed by atoms with van der Waals surface area (Å²) in [6, 6.07) is 7.66. The third kappa shape index (κ3) is 11.0. The number of halogens is 6. The number of rotatable bonds is 5. The van der Waals surface area contributed by atoms with Crippen LogP contribution < -0.4 is 0 Å². The Morgan fingerprint density at radius 3 is 2.06 bits per heavy atom. The summed E-state index contributed by atoms with van der Waals surface area (Å²) in [6.07, 6.45) is 9.42. The first-order valence-electron chi connectivity index (χ1n) is 9.15. The molecule has 14 heteroatoms. The summed E-state index contributed by atoms with van der Waals surface area (Å²) in [4.78, 5) is 20.9. The van der Waals surface area contributed by atoms with Gasteiger partial charge in [0.25, 0.3) is 0 Å². The van der Waals surface area contributed by atoms with Gasteiger partial charge in [-0.25, -0.2) is 24.5 Å². The Balaban J connectivity index is 0.000000479. The Labute approximate surface area is 190 Å². The fourth-order valence-electron chi connectivity index (χ4n) is 2.35. The van der Waals surface area contributed by atoms with Gasteiger partial charge >= 0.3 is 33.0 Å². The number of thiazole rings is 1. The van der Waals surface area contributed by atoms with Crippen molar-refractivity contribution in [3.8, 4) is 22.1 Å². The molecule has 0 spiro atoms. The third-order valence-electron chi connectivity index (χ3n) is 3.34. The molecule has 3 aromatic heterocycles. The van der Waals surface area contributed by atoms with E-state index in [0.717, 1.165) is 26.8 Å². The van der Waals surface area contributed by atoms with Gasteiger partial charge in [0.05, 0.1) is 16.1 Å². The van der Waals surface area contributed by atoms with Crippen LogP contribution in [0.25, 0.3) is 27.7 Å². The minimum absolute atomic E-state index is 0.619. The van der Waals surface area contributed by atoms with Crippen molar-refractivity contribution < 1.29 is 29.8 Å². The van der Waals surface area contributed by atoms with Gasteiger partial charge in [0.1, 0.15) is 24.8 Å². The van der Waals surface area contributed by atoms with E-state index in [1.807, 2.05) is 62.1 Å². The molecule has 0 aliphatic rings. The van der Waals surface area contributed by atoms with Crippen molar-refractivity contribution in [2.75, 3.05) is 28.2 Å². The van der Waals surface area contributed by atoms with E-state index < -0.39 is 7.81 Å². The van der Waals surface area contributed by atoms with Gasteiger partial charge in [-0.1, -0.05) is 6.07 Å². The van der Waals surface area contributed by atoms with Crippen LogP contribution in [0.2, 0.25) is 0 Å². The molecule has 0 aromatic carbocycles. The summed E-state index contributed by atoms with van der Waals surface area (Å²) in [6.45, 7) is 0. The maximum atomic E-state index is 9.87. The van der Waals surface area contributed by atoms with Gasteiger partial charge in [0.15, 0.2) is 12.0 Å². The third-order valence-corrected chi connectivity index (χ3v) is 4.41. The number of nitrogens with zero attached hydrogens (tertiary/aromatic N) is 6. The molecule has 0 aliphatic carbocycles. The molecule has 3 rings (SSSR count). The zero-order chi connectivity index (χ0) is 24.9. The zero-order valence-corrected chi connectivity index (χ0v) is 19.7. The van der Waals surface area contributed by atoms with Crippen LogP contribution >= 0.6 is 19.1 Å². The van der Waals surface area contributed by atoms with Crippen molar-refractivity contribution in [3.05, 3.63) is 54.1 Å². The van der Waals surface area contributed by atoms with Gasteiger partial charge in [-0.05, 0) is 18.2 Å². The van der Waals surface area contributed by atoms with Crippen LogP contribution in [0.5, 0.6) is 0 Å². The van der Waals surface area contributed by atoms with E-state index in [4.69, 9.17) is 4.98 Å². The standard InChI is InChI=1S/C19H21N6S.F6P/c1-24(2)12-14(13-25(3)4)19-22-11-17(26-19)15-7-5-8-16(23-15)18-20-9-6-10-21-18;1-7(2,3,4,5)6/h5-13H,1-4H3;/q+1;-1. The van der Waals surface area contributed by atoms with Gasteiger partial charge in [-0.15, -0.1) is 11.3 Å². The van der Waals surface area contributed by atoms with Crippen LogP contribution in [0.15, 0.2) is 49.1 Å². The Morgan fingerprint density at radius 2 is 1.52 bits per heavy atom.